The van der Waals surface area contributed by atoms with Gasteiger partial charge in [0.2, 0.25) is 5.95 Å². The fraction of sp³-hybridized carbons (Fsp3) is 0.333. The molecule has 0 bridgehead atoms. The summed E-state index contributed by atoms with van der Waals surface area (Å²) in [6, 6.07) is 0.294. The molecule has 128 valence electrons. The van der Waals surface area contributed by atoms with Crippen molar-refractivity contribution in [3.05, 3.63) is 18.6 Å². The van der Waals surface area contributed by atoms with E-state index in [-0.39, 0.29) is 5.95 Å². The van der Waals surface area contributed by atoms with Crippen molar-refractivity contribution in [2.75, 3.05) is 44.0 Å². The van der Waals surface area contributed by atoms with Gasteiger partial charge >= 0.3 is 6.01 Å². The quantitative estimate of drug-likeness (QED) is 0.711. The number of fused-ring (bicyclic) bond motifs is 1. The lowest BCUT2D eigenvalue weighted by Gasteiger charge is -2.28. The molecule has 0 saturated carbocycles. The summed E-state index contributed by atoms with van der Waals surface area (Å²) < 4.78 is 10.4. The fourth-order valence-corrected chi connectivity index (χ4v) is 2.60. The topological polar surface area (TPSA) is 125 Å². The first-order valence-electron chi connectivity index (χ1n) is 7.74. The summed E-state index contributed by atoms with van der Waals surface area (Å²) in [5.41, 5.74) is 8.21. The van der Waals surface area contributed by atoms with Gasteiger partial charge in [-0.25, -0.2) is 19.9 Å². The van der Waals surface area contributed by atoms with Gasteiger partial charge in [0.05, 0.1) is 32.2 Å². The Hall–Kier alpha value is -3.14. The van der Waals surface area contributed by atoms with Crippen LogP contribution in [0.2, 0.25) is 0 Å². The van der Waals surface area contributed by atoms with Gasteiger partial charge in [0.1, 0.15) is 0 Å². The van der Waals surface area contributed by atoms with Gasteiger partial charge in [-0.05, 0) is 0 Å². The minimum absolute atomic E-state index is 0.170. The van der Waals surface area contributed by atoms with E-state index < -0.39 is 0 Å². The van der Waals surface area contributed by atoms with E-state index in [1.165, 1.54) is 7.11 Å². The fourth-order valence-electron chi connectivity index (χ4n) is 2.60. The molecule has 10 heteroatoms. The Morgan fingerprint density at radius 1 is 1.04 bits per heavy atom. The van der Waals surface area contributed by atoms with Gasteiger partial charge < -0.3 is 20.1 Å². The summed E-state index contributed by atoms with van der Waals surface area (Å²) in [6.07, 6.45) is 4.88. The summed E-state index contributed by atoms with van der Waals surface area (Å²) in [5, 5.41) is 0. The maximum absolute atomic E-state index is 5.83. The average Bonchev–Trinajstić information content (AvgIpc) is 2.68. The summed E-state index contributed by atoms with van der Waals surface area (Å²) in [5.74, 6) is 0.832. The Labute approximate surface area is 143 Å². The van der Waals surface area contributed by atoms with Gasteiger partial charge in [0.25, 0.3) is 0 Å². The van der Waals surface area contributed by atoms with Crippen LogP contribution < -0.4 is 15.4 Å². The van der Waals surface area contributed by atoms with Gasteiger partial charge in [-0.15, -0.1) is 0 Å². The van der Waals surface area contributed by atoms with Crippen LogP contribution >= 0.6 is 0 Å². The second kappa shape index (κ2) is 6.40. The third kappa shape index (κ3) is 2.98. The van der Waals surface area contributed by atoms with Crippen LogP contribution in [0.1, 0.15) is 0 Å². The lowest BCUT2D eigenvalue weighted by atomic mass is 10.2. The van der Waals surface area contributed by atoms with Crippen molar-refractivity contribution in [3.8, 4) is 17.3 Å². The Bertz CT molecular complexity index is 896. The van der Waals surface area contributed by atoms with E-state index in [9.17, 15) is 0 Å². The minimum Gasteiger partial charge on any atom is -0.467 e. The zero-order chi connectivity index (χ0) is 17.2. The monoisotopic (exact) mass is 340 g/mol. The average molecular weight is 340 g/mol. The van der Waals surface area contributed by atoms with E-state index >= 15 is 0 Å². The van der Waals surface area contributed by atoms with Crippen LogP contribution in [-0.2, 0) is 4.74 Å². The predicted molar refractivity (Wildman–Crippen MR) is 90.2 cm³/mol. The molecule has 1 aliphatic heterocycles. The lowest BCUT2D eigenvalue weighted by molar-refractivity contribution is 0.122. The Morgan fingerprint density at radius 3 is 2.52 bits per heavy atom. The van der Waals surface area contributed by atoms with Crippen LogP contribution in [-0.4, -0.2) is 63.3 Å². The standard InChI is InChI=1S/C15H16N8O2/c1-24-15-18-6-9(7-19-15)10-8-17-12-11(20-10)13(22-14(16)21-12)23-2-4-25-5-3-23/h6-8H,2-5H2,1H3,(H2,16,17,21,22). The van der Waals surface area contributed by atoms with Crippen molar-refractivity contribution in [3.63, 3.8) is 0 Å². The molecule has 0 aromatic carbocycles. The number of aromatic nitrogens is 6. The Morgan fingerprint density at radius 2 is 1.80 bits per heavy atom. The number of methoxy groups -OCH3 is 1. The molecule has 3 aromatic rings. The van der Waals surface area contributed by atoms with Crippen LogP contribution in [0.3, 0.4) is 0 Å². The normalized spacial score (nSPS) is 14.7. The van der Waals surface area contributed by atoms with Crippen molar-refractivity contribution >= 4 is 22.9 Å². The number of ether oxygens (including phenoxy) is 2. The number of anilines is 2. The van der Waals surface area contributed by atoms with E-state index in [1.807, 2.05) is 0 Å². The highest BCUT2D eigenvalue weighted by Crippen LogP contribution is 2.25. The zero-order valence-corrected chi connectivity index (χ0v) is 13.6. The molecule has 1 aliphatic rings. The van der Waals surface area contributed by atoms with Crippen molar-refractivity contribution < 1.29 is 9.47 Å². The van der Waals surface area contributed by atoms with Gasteiger partial charge in [-0.2, -0.15) is 9.97 Å². The molecule has 0 aliphatic carbocycles. The molecule has 0 amide bonds. The lowest BCUT2D eigenvalue weighted by Crippen LogP contribution is -2.37. The highest BCUT2D eigenvalue weighted by atomic mass is 16.5. The first-order chi connectivity index (χ1) is 12.2. The molecule has 1 fully saturated rings. The number of nitrogens with zero attached hydrogens (tertiary/aromatic N) is 7. The maximum atomic E-state index is 5.83. The number of morpholine rings is 1. The highest BCUT2D eigenvalue weighted by molar-refractivity contribution is 5.85. The zero-order valence-electron chi connectivity index (χ0n) is 13.6. The van der Waals surface area contributed by atoms with Crippen molar-refractivity contribution in [1.82, 2.24) is 29.9 Å². The molecule has 0 atom stereocenters. The third-order valence-electron chi connectivity index (χ3n) is 3.82. The van der Waals surface area contributed by atoms with Crippen LogP contribution in [0.5, 0.6) is 6.01 Å². The van der Waals surface area contributed by atoms with Crippen molar-refractivity contribution in [2.45, 2.75) is 0 Å². The number of hydrogen-bond donors (Lipinski definition) is 1. The molecule has 3 aromatic heterocycles. The molecular weight excluding hydrogens is 324 g/mol. The molecule has 0 radical (unpaired) electrons. The van der Waals surface area contributed by atoms with Gasteiger partial charge in [-0.1, -0.05) is 0 Å². The minimum atomic E-state index is 0.170. The molecule has 4 heterocycles. The number of nitrogens with two attached hydrogens (primary N) is 1. The summed E-state index contributed by atoms with van der Waals surface area (Å²) in [7, 11) is 1.52. The second-order valence-electron chi connectivity index (χ2n) is 5.39. The number of hydrogen-bond acceptors (Lipinski definition) is 10. The van der Waals surface area contributed by atoms with Crippen LogP contribution in [0.15, 0.2) is 18.6 Å². The Balaban J connectivity index is 1.81. The molecule has 25 heavy (non-hydrogen) atoms. The smallest absolute Gasteiger partial charge is 0.316 e. The van der Waals surface area contributed by atoms with E-state index in [4.69, 9.17) is 15.2 Å². The largest absolute Gasteiger partial charge is 0.467 e. The molecule has 4 rings (SSSR count). The van der Waals surface area contributed by atoms with E-state index in [0.717, 1.165) is 5.56 Å². The predicted octanol–water partition coefficient (Wildman–Crippen LogP) is 0.304. The first kappa shape index (κ1) is 15.4. The maximum Gasteiger partial charge on any atom is 0.316 e. The second-order valence-corrected chi connectivity index (χ2v) is 5.39. The molecule has 1 saturated heterocycles. The van der Waals surface area contributed by atoms with E-state index in [1.54, 1.807) is 18.6 Å². The molecular formula is C15H16N8O2. The molecule has 0 spiro atoms. The molecule has 10 nitrogen and oxygen atoms in total. The third-order valence-corrected chi connectivity index (χ3v) is 3.82. The van der Waals surface area contributed by atoms with Crippen LogP contribution in [0.4, 0.5) is 11.8 Å². The number of rotatable bonds is 3. The Kier molecular flexibility index (Phi) is 3.94. The summed E-state index contributed by atoms with van der Waals surface area (Å²) >= 11 is 0. The summed E-state index contributed by atoms with van der Waals surface area (Å²) in [6.45, 7) is 2.68. The SMILES string of the molecule is COc1ncc(-c2cnc3nc(N)nc(N4CCOCC4)c3n2)cn1. The van der Waals surface area contributed by atoms with Crippen LogP contribution in [0, 0.1) is 0 Å². The first-order valence-corrected chi connectivity index (χ1v) is 7.74. The van der Waals surface area contributed by atoms with E-state index in [2.05, 4.69) is 34.8 Å². The van der Waals surface area contributed by atoms with Crippen molar-refractivity contribution in [2.24, 2.45) is 0 Å². The van der Waals surface area contributed by atoms with Crippen LogP contribution in [0.25, 0.3) is 22.4 Å². The van der Waals surface area contributed by atoms with Crippen molar-refractivity contribution in [1.29, 1.82) is 0 Å². The van der Waals surface area contributed by atoms with Gasteiger partial charge in [0, 0.05) is 31.0 Å². The summed E-state index contributed by atoms with van der Waals surface area (Å²) in [4.78, 5) is 27.9. The molecule has 2 N–H and O–H groups in total. The van der Waals surface area contributed by atoms with Gasteiger partial charge in [0.15, 0.2) is 17.0 Å². The van der Waals surface area contributed by atoms with E-state index in [0.29, 0.717) is 55.0 Å². The highest BCUT2D eigenvalue weighted by Gasteiger charge is 2.19. The number of nitrogen functional groups attached to an aromatic ring is 1. The van der Waals surface area contributed by atoms with Gasteiger partial charge in [-0.3, -0.25) is 0 Å². The molecule has 0 unspecified atom stereocenters.